The summed E-state index contributed by atoms with van der Waals surface area (Å²) in [5, 5.41) is 0. The second kappa shape index (κ2) is 12.0. The molecule has 0 N–H and O–H groups in total. The second-order valence-corrected chi connectivity index (χ2v) is 6.86. The van der Waals surface area contributed by atoms with Gasteiger partial charge >= 0.3 is 0 Å². The third kappa shape index (κ3) is 10.8. The van der Waals surface area contributed by atoms with Gasteiger partial charge in [0.15, 0.2) is 0 Å². The van der Waals surface area contributed by atoms with E-state index in [4.69, 9.17) is 4.74 Å². The monoisotopic (exact) mass is 299 g/mol. The molecular formula is C18H37NO2. The zero-order valence-electron chi connectivity index (χ0n) is 15.2. The predicted molar refractivity (Wildman–Crippen MR) is 91.5 cm³/mol. The molecule has 1 saturated heterocycles. The summed E-state index contributed by atoms with van der Waals surface area (Å²) < 4.78 is 10.3. The first-order chi connectivity index (χ1) is 9.90. The van der Waals surface area contributed by atoms with Crippen LogP contribution >= 0.6 is 0 Å². The zero-order valence-corrected chi connectivity index (χ0v) is 15.2. The summed E-state index contributed by atoms with van der Waals surface area (Å²) in [6, 6.07) is 0. The minimum atomic E-state index is 0.393. The molecule has 0 aromatic rings. The van der Waals surface area contributed by atoms with Gasteiger partial charge in [-0.1, -0.05) is 34.3 Å². The van der Waals surface area contributed by atoms with Crippen LogP contribution in [0.1, 0.15) is 53.4 Å². The van der Waals surface area contributed by atoms with Crippen LogP contribution in [-0.4, -0.2) is 44.9 Å². The third-order valence-corrected chi connectivity index (χ3v) is 3.51. The maximum Gasteiger partial charge on any atom is 0.0862 e. The fraction of sp³-hybridized carbons (Fsp3) is 0.889. The molecule has 126 valence electrons. The van der Waals surface area contributed by atoms with Crippen LogP contribution in [0, 0.1) is 11.8 Å². The molecule has 0 spiro atoms. The Labute approximate surface area is 132 Å². The topological polar surface area (TPSA) is 21.7 Å². The number of nitrogens with zero attached hydrogens (tertiary/aromatic N) is 1. The van der Waals surface area contributed by atoms with E-state index in [0.29, 0.717) is 24.5 Å². The molecule has 0 aromatic carbocycles. The van der Waals surface area contributed by atoms with Crippen molar-refractivity contribution in [3.63, 3.8) is 0 Å². The van der Waals surface area contributed by atoms with Crippen molar-refractivity contribution in [1.29, 1.82) is 0 Å². The normalized spacial score (nSPS) is 14.8. The van der Waals surface area contributed by atoms with Crippen LogP contribution in [-0.2, 0) is 9.47 Å². The van der Waals surface area contributed by atoms with E-state index in [2.05, 4.69) is 43.9 Å². The third-order valence-electron chi connectivity index (χ3n) is 3.51. The van der Waals surface area contributed by atoms with Gasteiger partial charge in [0, 0.05) is 33.0 Å². The van der Waals surface area contributed by atoms with E-state index in [0.717, 1.165) is 12.8 Å². The Balaban J connectivity index is 0.00000122. The molecule has 0 amide bonds. The van der Waals surface area contributed by atoms with Crippen molar-refractivity contribution in [2.75, 3.05) is 33.9 Å². The number of methoxy groups -OCH3 is 1. The first-order valence-corrected chi connectivity index (χ1v) is 8.35. The maximum absolute atomic E-state index is 6.10. The highest BCUT2D eigenvalue weighted by molar-refractivity contribution is 4.96. The molecule has 0 saturated carbocycles. The van der Waals surface area contributed by atoms with Gasteiger partial charge in [-0.25, -0.2) is 0 Å². The van der Waals surface area contributed by atoms with Crippen molar-refractivity contribution < 1.29 is 9.47 Å². The molecule has 0 aliphatic carbocycles. The van der Waals surface area contributed by atoms with Gasteiger partial charge in [-0.05, 0) is 37.5 Å². The minimum absolute atomic E-state index is 0.393. The second-order valence-electron chi connectivity index (χ2n) is 6.86. The lowest BCUT2D eigenvalue weighted by Crippen LogP contribution is -2.25. The molecule has 21 heavy (non-hydrogen) atoms. The van der Waals surface area contributed by atoms with E-state index in [-0.39, 0.29) is 0 Å². The zero-order chi connectivity index (χ0) is 16.3. The lowest BCUT2D eigenvalue weighted by molar-refractivity contribution is 0.0314. The fourth-order valence-corrected chi connectivity index (χ4v) is 2.62. The molecule has 1 heterocycles. The SMILES string of the molecule is C=C(COC(CC(C)C)CC(C)C)N1CCCC1.COC. The molecule has 0 radical (unpaired) electrons. The molecule has 3 heteroatoms. The molecule has 1 aliphatic rings. The van der Waals surface area contributed by atoms with Gasteiger partial charge < -0.3 is 14.4 Å². The van der Waals surface area contributed by atoms with Gasteiger partial charge in [0.25, 0.3) is 0 Å². The molecule has 0 bridgehead atoms. The van der Waals surface area contributed by atoms with Crippen molar-refractivity contribution in [3.05, 3.63) is 12.3 Å². The van der Waals surface area contributed by atoms with Crippen LogP contribution in [0.5, 0.6) is 0 Å². The highest BCUT2D eigenvalue weighted by Crippen LogP contribution is 2.19. The average Bonchev–Trinajstić information content (AvgIpc) is 2.89. The summed E-state index contributed by atoms with van der Waals surface area (Å²) in [5.41, 5.74) is 1.17. The van der Waals surface area contributed by atoms with Crippen molar-refractivity contribution in [3.8, 4) is 0 Å². The molecule has 1 fully saturated rings. The molecule has 0 unspecified atom stereocenters. The fourth-order valence-electron chi connectivity index (χ4n) is 2.62. The Morgan fingerprint density at radius 3 is 1.81 bits per heavy atom. The Hall–Kier alpha value is -0.540. The first-order valence-electron chi connectivity index (χ1n) is 8.35. The van der Waals surface area contributed by atoms with Crippen LogP contribution < -0.4 is 0 Å². The average molecular weight is 299 g/mol. The van der Waals surface area contributed by atoms with Gasteiger partial charge in [-0.15, -0.1) is 0 Å². The summed E-state index contributed by atoms with van der Waals surface area (Å²) in [7, 11) is 3.25. The number of hydrogen-bond donors (Lipinski definition) is 0. The molecule has 0 aromatic heterocycles. The van der Waals surface area contributed by atoms with Gasteiger partial charge in [0.2, 0.25) is 0 Å². The van der Waals surface area contributed by atoms with E-state index in [1.54, 1.807) is 14.2 Å². The highest BCUT2D eigenvalue weighted by Gasteiger charge is 2.17. The number of ether oxygens (including phenoxy) is 2. The van der Waals surface area contributed by atoms with Crippen LogP contribution in [0.25, 0.3) is 0 Å². The van der Waals surface area contributed by atoms with Gasteiger partial charge in [0.05, 0.1) is 12.7 Å². The van der Waals surface area contributed by atoms with Crippen LogP contribution in [0.4, 0.5) is 0 Å². The van der Waals surface area contributed by atoms with E-state index in [1.165, 1.54) is 31.6 Å². The van der Waals surface area contributed by atoms with Gasteiger partial charge in [-0.2, -0.15) is 0 Å². The number of rotatable bonds is 8. The van der Waals surface area contributed by atoms with Gasteiger partial charge in [-0.3, -0.25) is 0 Å². The summed E-state index contributed by atoms with van der Waals surface area (Å²) in [4.78, 5) is 2.38. The smallest absolute Gasteiger partial charge is 0.0862 e. The highest BCUT2D eigenvalue weighted by atomic mass is 16.5. The standard InChI is InChI=1S/C16H31NO.C2H6O/c1-13(2)10-16(11-14(3)4)18-12-15(5)17-8-6-7-9-17;1-3-2/h13-14,16H,5-12H2,1-4H3;1-2H3. The van der Waals surface area contributed by atoms with Crippen molar-refractivity contribution in [2.45, 2.75) is 59.5 Å². The Bertz CT molecular complexity index is 248. The van der Waals surface area contributed by atoms with Crippen LogP contribution in [0.2, 0.25) is 0 Å². The van der Waals surface area contributed by atoms with E-state index < -0.39 is 0 Å². The molecule has 1 rings (SSSR count). The molecular weight excluding hydrogens is 262 g/mol. The van der Waals surface area contributed by atoms with E-state index >= 15 is 0 Å². The predicted octanol–water partition coefficient (Wildman–Crippen LogP) is 4.34. The number of likely N-dealkylation sites (tertiary alicyclic amines) is 1. The van der Waals surface area contributed by atoms with Crippen LogP contribution in [0.3, 0.4) is 0 Å². The molecule has 0 atom stereocenters. The first kappa shape index (κ1) is 20.5. The quantitative estimate of drug-likeness (QED) is 0.665. The largest absolute Gasteiger partial charge is 0.388 e. The maximum atomic E-state index is 6.10. The molecule has 1 aliphatic heterocycles. The lowest BCUT2D eigenvalue weighted by Gasteiger charge is -2.25. The van der Waals surface area contributed by atoms with Crippen molar-refractivity contribution in [1.82, 2.24) is 4.90 Å². The summed E-state index contributed by atoms with van der Waals surface area (Å²) in [6.45, 7) is 16.3. The summed E-state index contributed by atoms with van der Waals surface area (Å²) in [5.74, 6) is 1.41. The van der Waals surface area contributed by atoms with Crippen molar-refractivity contribution in [2.24, 2.45) is 11.8 Å². The summed E-state index contributed by atoms with van der Waals surface area (Å²) >= 11 is 0. The Kier molecular flexibility index (Phi) is 11.7. The summed E-state index contributed by atoms with van der Waals surface area (Å²) in [6.07, 6.45) is 5.32. The van der Waals surface area contributed by atoms with Crippen molar-refractivity contribution >= 4 is 0 Å². The Morgan fingerprint density at radius 1 is 1.00 bits per heavy atom. The molecule has 3 nitrogen and oxygen atoms in total. The minimum Gasteiger partial charge on any atom is -0.388 e. The van der Waals surface area contributed by atoms with E-state index in [1.807, 2.05) is 0 Å². The van der Waals surface area contributed by atoms with E-state index in [9.17, 15) is 0 Å². The Morgan fingerprint density at radius 2 is 1.43 bits per heavy atom. The van der Waals surface area contributed by atoms with Crippen LogP contribution in [0.15, 0.2) is 12.3 Å². The lowest BCUT2D eigenvalue weighted by atomic mass is 9.98. The van der Waals surface area contributed by atoms with Gasteiger partial charge in [0.1, 0.15) is 0 Å². The number of hydrogen-bond acceptors (Lipinski definition) is 3.